The Morgan fingerprint density at radius 3 is 2.00 bits per heavy atom. The number of hydrogen-bond donors (Lipinski definition) is 8. The SMILES string of the molecule is CC1(C)CC[C@@]23CC[C@]4(C)[C@@](OC2=O)([C@@H]3C1)[C@H]1O[C@H]1[C@@H]1[C@@]2(C)CC[C@H](O[C@@H]3O[C@H](CO)[C@H](O)[C@H](O)[C@H]3O[C@@H]3O[C@H](CO)[C@@H](O)[C@H](O)[C@H]3O)[C@@](C)(CO)[C@@H]2CC[C@]14C. The molecule has 5 aliphatic carbocycles. The minimum Gasteiger partial charge on any atom is -0.455 e. The van der Waals surface area contributed by atoms with E-state index in [2.05, 4.69) is 34.6 Å². The molecule has 324 valence electrons. The number of epoxide rings is 1. The first kappa shape index (κ1) is 41.3. The third-order valence-corrected chi connectivity index (χ3v) is 18.6. The molecule has 0 unspecified atom stereocenters. The normalized spacial score (nSPS) is 60.0. The van der Waals surface area contributed by atoms with Crippen molar-refractivity contribution in [2.75, 3.05) is 19.8 Å². The Bertz CT molecular complexity index is 1600. The van der Waals surface area contributed by atoms with Gasteiger partial charge >= 0.3 is 5.97 Å². The second-order valence-corrected chi connectivity index (χ2v) is 21.4. The van der Waals surface area contributed by atoms with Crippen molar-refractivity contribution >= 4 is 5.97 Å². The van der Waals surface area contributed by atoms with Crippen molar-refractivity contribution in [1.29, 1.82) is 0 Å². The van der Waals surface area contributed by atoms with Gasteiger partial charge in [-0.25, -0.2) is 0 Å². The summed E-state index contributed by atoms with van der Waals surface area (Å²) < 4.78 is 38.1. The lowest BCUT2D eigenvalue weighted by atomic mass is 9.30. The molecule has 57 heavy (non-hydrogen) atoms. The van der Waals surface area contributed by atoms with E-state index in [1.807, 2.05) is 6.92 Å². The van der Waals surface area contributed by atoms with Crippen LogP contribution in [0.25, 0.3) is 0 Å². The van der Waals surface area contributed by atoms with E-state index in [0.29, 0.717) is 12.8 Å². The zero-order chi connectivity index (χ0) is 41.0. The van der Waals surface area contributed by atoms with Crippen LogP contribution in [0.3, 0.4) is 0 Å². The topological polar surface area (TPSA) is 238 Å². The summed E-state index contributed by atoms with van der Waals surface area (Å²) in [7, 11) is 0. The maximum absolute atomic E-state index is 14.1. The fourth-order valence-corrected chi connectivity index (χ4v) is 15.2. The van der Waals surface area contributed by atoms with Gasteiger partial charge in [0.05, 0.1) is 37.4 Å². The van der Waals surface area contributed by atoms with Gasteiger partial charge in [-0.3, -0.25) is 4.79 Å². The number of esters is 1. The van der Waals surface area contributed by atoms with E-state index in [0.717, 1.165) is 44.9 Å². The maximum Gasteiger partial charge on any atom is 0.313 e. The summed E-state index contributed by atoms with van der Waals surface area (Å²) in [5, 5.41) is 85.0. The predicted octanol–water partition coefficient (Wildman–Crippen LogP) is 0.516. The molecule has 0 aromatic carbocycles. The number of aliphatic hydroxyl groups excluding tert-OH is 8. The van der Waals surface area contributed by atoms with Crippen LogP contribution in [0.4, 0.5) is 0 Å². The highest BCUT2D eigenvalue weighted by Crippen LogP contribution is 2.83. The van der Waals surface area contributed by atoms with Gasteiger partial charge in [0.25, 0.3) is 0 Å². The second kappa shape index (κ2) is 13.2. The largest absolute Gasteiger partial charge is 0.455 e. The van der Waals surface area contributed by atoms with Crippen molar-refractivity contribution in [3.8, 4) is 0 Å². The first-order valence-electron chi connectivity index (χ1n) is 21.5. The fraction of sp³-hybridized carbons (Fsp3) is 0.976. The second-order valence-electron chi connectivity index (χ2n) is 21.4. The Morgan fingerprint density at radius 1 is 0.684 bits per heavy atom. The average molecular weight is 811 g/mol. The van der Waals surface area contributed by atoms with Gasteiger partial charge in [-0.1, -0.05) is 41.5 Å². The summed E-state index contributed by atoms with van der Waals surface area (Å²) in [5.74, 6) is 0.154. The number of hydrogen-bond acceptors (Lipinski definition) is 15. The molecule has 9 aliphatic rings. The Morgan fingerprint density at radius 2 is 1.33 bits per heavy atom. The Balaban J connectivity index is 1.01. The monoisotopic (exact) mass is 810 g/mol. The van der Waals surface area contributed by atoms with Crippen LogP contribution in [0, 0.1) is 50.2 Å². The molecule has 9 rings (SSSR count). The van der Waals surface area contributed by atoms with E-state index in [1.165, 1.54) is 0 Å². The first-order chi connectivity index (χ1) is 26.7. The van der Waals surface area contributed by atoms with Crippen LogP contribution in [0.2, 0.25) is 0 Å². The van der Waals surface area contributed by atoms with E-state index in [4.69, 9.17) is 28.4 Å². The van der Waals surface area contributed by atoms with Gasteiger partial charge in [-0.2, -0.15) is 0 Å². The zero-order valence-electron chi connectivity index (χ0n) is 34.2. The Labute approximate surface area is 334 Å². The summed E-state index contributed by atoms with van der Waals surface area (Å²) >= 11 is 0. The number of rotatable bonds is 7. The highest BCUT2D eigenvalue weighted by molar-refractivity contribution is 5.82. The lowest BCUT2D eigenvalue weighted by Gasteiger charge is -2.72. The summed E-state index contributed by atoms with van der Waals surface area (Å²) in [6.45, 7) is 12.2. The highest BCUT2D eigenvalue weighted by atomic mass is 16.8. The number of carbonyl (C=O) groups is 1. The van der Waals surface area contributed by atoms with Crippen LogP contribution >= 0.6 is 0 Å². The van der Waals surface area contributed by atoms with E-state index in [-0.39, 0.29) is 64.2 Å². The van der Waals surface area contributed by atoms with Crippen molar-refractivity contribution in [3.05, 3.63) is 0 Å². The van der Waals surface area contributed by atoms with Gasteiger partial charge < -0.3 is 69.3 Å². The molecular formula is C42H66O15. The van der Waals surface area contributed by atoms with Crippen LogP contribution in [-0.4, -0.2) is 152 Å². The van der Waals surface area contributed by atoms with Gasteiger partial charge in [0.2, 0.25) is 0 Å². The molecule has 4 aliphatic heterocycles. The average Bonchev–Trinajstić information content (AvgIpc) is 3.93. The van der Waals surface area contributed by atoms with Gasteiger partial charge in [0.1, 0.15) is 54.9 Å². The highest BCUT2D eigenvalue weighted by Gasteiger charge is 2.89. The molecule has 8 N–H and O–H groups in total. The van der Waals surface area contributed by atoms with Gasteiger partial charge in [0.15, 0.2) is 18.2 Å². The van der Waals surface area contributed by atoms with E-state index >= 15 is 0 Å². The number of ether oxygens (including phenoxy) is 6. The molecule has 9 fully saturated rings. The molecule has 0 aromatic heterocycles. The van der Waals surface area contributed by atoms with Crippen LogP contribution < -0.4 is 0 Å². The number of aliphatic hydroxyl groups is 8. The third kappa shape index (κ3) is 5.21. The Kier molecular flexibility index (Phi) is 9.59. The minimum atomic E-state index is -1.79. The van der Waals surface area contributed by atoms with Crippen molar-refractivity contribution in [2.24, 2.45) is 50.2 Å². The fourth-order valence-electron chi connectivity index (χ4n) is 15.2. The van der Waals surface area contributed by atoms with Crippen molar-refractivity contribution in [3.63, 3.8) is 0 Å². The van der Waals surface area contributed by atoms with E-state index < -0.39 is 97.2 Å². The van der Waals surface area contributed by atoms with E-state index in [1.54, 1.807) is 0 Å². The zero-order valence-corrected chi connectivity index (χ0v) is 34.2. The summed E-state index contributed by atoms with van der Waals surface area (Å²) in [6, 6.07) is 0. The maximum atomic E-state index is 14.1. The number of carbonyl (C=O) groups excluding carboxylic acids is 1. The van der Waals surface area contributed by atoms with Crippen molar-refractivity contribution in [2.45, 2.75) is 185 Å². The van der Waals surface area contributed by atoms with Crippen LogP contribution in [-0.2, 0) is 33.2 Å². The quantitative estimate of drug-likeness (QED) is 0.0994. The first-order valence-corrected chi connectivity index (χ1v) is 21.5. The van der Waals surface area contributed by atoms with Gasteiger partial charge in [0, 0.05) is 16.7 Å². The molecule has 0 aromatic rings. The molecule has 0 amide bonds. The van der Waals surface area contributed by atoms with Crippen LogP contribution in [0.5, 0.6) is 0 Å². The summed E-state index contributed by atoms with van der Waals surface area (Å²) in [5.41, 5.74) is -2.71. The lowest BCUT2D eigenvalue weighted by Crippen LogP contribution is -2.75. The Hall–Kier alpha value is -1.05. The molecule has 22 atom stereocenters. The minimum absolute atomic E-state index is 0.0201. The van der Waals surface area contributed by atoms with Crippen LogP contribution in [0.15, 0.2) is 0 Å². The van der Waals surface area contributed by atoms with Gasteiger partial charge in [-0.15, -0.1) is 0 Å². The van der Waals surface area contributed by atoms with E-state index in [9.17, 15) is 45.6 Å². The standard InChI is InChI=1S/C42H66O15/c1-36(2)11-13-41-14-12-40(6)39(5)10-7-21-37(3,31(39)30-32(55-30)42(40,22(41)15-36)57-35(41)51)9-8-23(38(21,4)18-45)54-34-29(27(49)25(47)20(17-44)53-34)56-33-28(50)26(48)24(46)19(16-43)52-33/h19-34,43-50H,7-18H2,1-6H3/t19-,20-,21-,22-,23+,24-,25+,26+,27+,28-,29-,30+,31-,32+,33+,34+,37+,38+,39-,40+,41+,42-/m1/s1. The molecule has 4 saturated heterocycles. The predicted molar refractivity (Wildman–Crippen MR) is 197 cm³/mol. The summed E-state index contributed by atoms with van der Waals surface area (Å²) in [6.07, 6.45) is -9.20. The smallest absolute Gasteiger partial charge is 0.313 e. The van der Waals surface area contributed by atoms with Gasteiger partial charge in [-0.05, 0) is 85.9 Å². The molecule has 4 heterocycles. The lowest BCUT2D eigenvalue weighted by molar-refractivity contribution is -0.380. The van der Waals surface area contributed by atoms with Crippen LogP contribution in [0.1, 0.15) is 99.3 Å². The molecule has 2 bridgehead atoms. The third-order valence-electron chi connectivity index (χ3n) is 18.6. The summed E-state index contributed by atoms with van der Waals surface area (Å²) in [4.78, 5) is 14.1. The molecule has 1 spiro atoms. The van der Waals surface area contributed by atoms with Crippen molar-refractivity contribution < 1.29 is 74.1 Å². The molecule has 15 nitrogen and oxygen atoms in total. The van der Waals surface area contributed by atoms with Crippen molar-refractivity contribution in [1.82, 2.24) is 0 Å². The molecule has 5 saturated carbocycles. The molecule has 0 radical (unpaired) electrons. The number of fused-ring (bicyclic) bond motifs is 6. The molecular weight excluding hydrogens is 744 g/mol. The molecule has 15 heteroatoms.